The first-order chi connectivity index (χ1) is 7.08. The first-order valence-electron chi connectivity index (χ1n) is 4.80. The van der Waals surface area contributed by atoms with E-state index in [1.54, 1.807) is 17.4 Å². The molecule has 1 heterocycles. The third kappa shape index (κ3) is 1.88. The molecule has 0 unspecified atom stereocenters. The van der Waals surface area contributed by atoms with Gasteiger partial charge in [0.2, 0.25) is 0 Å². The smallest absolute Gasteiger partial charge is 0.125 e. The van der Waals surface area contributed by atoms with Gasteiger partial charge in [0.05, 0.1) is 10.7 Å². The van der Waals surface area contributed by atoms with Crippen molar-refractivity contribution in [3.05, 3.63) is 33.6 Å². The number of nitrogens with zero attached hydrogens (tertiary/aromatic N) is 1. The van der Waals surface area contributed by atoms with Crippen molar-refractivity contribution in [1.82, 2.24) is 4.98 Å². The van der Waals surface area contributed by atoms with Crippen LogP contribution in [0.3, 0.4) is 0 Å². The average Bonchev–Trinajstić information content (AvgIpc) is 2.58. The molecule has 2 nitrogen and oxygen atoms in total. The Hall–Kier alpha value is -1.35. The van der Waals surface area contributed by atoms with Crippen molar-refractivity contribution in [3.63, 3.8) is 0 Å². The van der Waals surface area contributed by atoms with Crippen LogP contribution in [0.5, 0.6) is 5.75 Å². The standard InChI is InChI=1S/C12H13NOS/c1-7-4-10(12(14)5-8(7)2)11-6-15-9(3)13-11/h4-6,14H,1-3H3. The summed E-state index contributed by atoms with van der Waals surface area (Å²) in [5.74, 6) is 0.309. The number of aromatic nitrogens is 1. The molecular formula is C12H13NOS. The van der Waals surface area contributed by atoms with Crippen molar-refractivity contribution in [2.75, 3.05) is 0 Å². The van der Waals surface area contributed by atoms with Crippen molar-refractivity contribution in [1.29, 1.82) is 0 Å². The first kappa shape index (κ1) is 10.2. The second kappa shape index (κ2) is 3.66. The minimum Gasteiger partial charge on any atom is -0.507 e. The number of benzene rings is 1. The van der Waals surface area contributed by atoms with E-state index < -0.39 is 0 Å². The number of aryl methyl sites for hydroxylation is 3. The van der Waals surface area contributed by atoms with Crippen LogP contribution >= 0.6 is 11.3 Å². The van der Waals surface area contributed by atoms with E-state index in [0.29, 0.717) is 5.75 Å². The Kier molecular flexibility index (Phi) is 2.49. The van der Waals surface area contributed by atoms with Crippen molar-refractivity contribution in [2.24, 2.45) is 0 Å². The fourth-order valence-corrected chi connectivity index (χ4v) is 2.11. The molecule has 0 aliphatic rings. The molecular weight excluding hydrogens is 206 g/mol. The van der Waals surface area contributed by atoms with Crippen LogP contribution in [-0.4, -0.2) is 10.1 Å². The van der Waals surface area contributed by atoms with Crippen LogP contribution in [-0.2, 0) is 0 Å². The van der Waals surface area contributed by atoms with E-state index in [-0.39, 0.29) is 0 Å². The summed E-state index contributed by atoms with van der Waals surface area (Å²) in [7, 11) is 0. The summed E-state index contributed by atoms with van der Waals surface area (Å²) >= 11 is 1.60. The predicted molar refractivity (Wildman–Crippen MR) is 63.4 cm³/mol. The van der Waals surface area contributed by atoms with Gasteiger partial charge in [0.15, 0.2) is 0 Å². The molecule has 0 aliphatic carbocycles. The number of phenols is 1. The fourth-order valence-electron chi connectivity index (χ4n) is 1.49. The van der Waals surface area contributed by atoms with Gasteiger partial charge in [-0.3, -0.25) is 0 Å². The highest BCUT2D eigenvalue weighted by atomic mass is 32.1. The molecule has 0 aliphatic heterocycles. The summed E-state index contributed by atoms with van der Waals surface area (Å²) in [5.41, 5.74) is 3.96. The largest absolute Gasteiger partial charge is 0.507 e. The molecule has 0 saturated heterocycles. The summed E-state index contributed by atoms with van der Waals surface area (Å²) in [6.45, 7) is 5.99. The van der Waals surface area contributed by atoms with Gasteiger partial charge in [0.25, 0.3) is 0 Å². The number of hydrogen-bond donors (Lipinski definition) is 1. The molecule has 2 aromatic rings. The van der Waals surface area contributed by atoms with Gasteiger partial charge in [-0.25, -0.2) is 4.98 Å². The molecule has 0 spiro atoms. The Bertz CT molecular complexity index is 502. The zero-order chi connectivity index (χ0) is 11.0. The van der Waals surface area contributed by atoms with Gasteiger partial charge in [-0.1, -0.05) is 0 Å². The van der Waals surface area contributed by atoms with Gasteiger partial charge in [-0.15, -0.1) is 11.3 Å². The van der Waals surface area contributed by atoms with Crippen LogP contribution in [0, 0.1) is 20.8 Å². The van der Waals surface area contributed by atoms with Gasteiger partial charge in [-0.05, 0) is 44.0 Å². The zero-order valence-corrected chi connectivity index (χ0v) is 9.85. The van der Waals surface area contributed by atoms with Crippen LogP contribution in [0.25, 0.3) is 11.3 Å². The molecule has 0 radical (unpaired) electrons. The molecule has 2 rings (SSSR count). The molecule has 0 fully saturated rings. The normalized spacial score (nSPS) is 10.6. The minimum atomic E-state index is 0.309. The molecule has 15 heavy (non-hydrogen) atoms. The maximum absolute atomic E-state index is 9.84. The van der Waals surface area contributed by atoms with Crippen LogP contribution < -0.4 is 0 Å². The van der Waals surface area contributed by atoms with E-state index in [9.17, 15) is 5.11 Å². The second-order valence-corrected chi connectivity index (χ2v) is 4.77. The molecule has 3 heteroatoms. The number of thiazole rings is 1. The number of phenolic OH excluding ortho intramolecular Hbond substituents is 1. The van der Waals surface area contributed by atoms with Gasteiger partial charge in [0, 0.05) is 10.9 Å². The molecule has 78 valence electrons. The number of hydrogen-bond acceptors (Lipinski definition) is 3. The predicted octanol–water partition coefficient (Wildman–Crippen LogP) is 3.44. The van der Waals surface area contributed by atoms with Gasteiger partial charge < -0.3 is 5.11 Å². The quantitative estimate of drug-likeness (QED) is 0.797. The Labute approximate surface area is 93.2 Å². The van der Waals surface area contributed by atoms with Gasteiger partial charge >= 0.3 is 0 Å². The molecule has 0 bridgehead atoms. The minimum absolute atomic E-state index is 0.309. The Balaban J connectivity index is 2.58. The Morgan fingerprint density at radius 1 is 1.13 bits per heavy atom. The lowest BCUT2D eigenvalue weighted by Crippen LogP contribution is -1.85. The van der Waals surface area contributed by atoms with Crippen LogP contribution in [0.15, 0.2) is 17.5 Å². The van der Waals surface area contributed by atoms with Gasteiger partial charge in [0.1, 0.15) is 5.75 Å². The van der Waals surface area contributed by atoms with Crippen molar-refractivity contribution >= 4 is 11.3 Å². The zero-order valence-electron chi connectivity index (χ0n) is 9.03. The summed E-state index contributed by atoms with van der Waals surface area (Å²) in [6, 6.07) is 3.78. The van der Waals surface area contributed by atoms with Crippen LogP contribution in [0.1, 0.15) is 16.1 Å². The summed E-state index contributed by atoms with van der Waals surface area (Å²) in [6.07, 6.45) is 0. The summed E-state index contributed by atoms with van der Waals surface area (Å²) in [4.78, 5) is 4.37. The highest BCUT2D eigenvalue weighted by Gasteiger charge is 2.09. The van der Waals surface area contributed by atoms with E-state index in [4.69, 9.17) is 0 Å². The topological polar surface area (TPSA) is 33.1 Å². The van der Waals surface area contributed by atoms with E-state index in [0.717, 1.165) is 21.8 Å². The number of aromatic hydroxyl groups is 1. The Morgan fingerprint density at radius 3 is 2.40 bits per heavy atom. The van der Waals surface area contributed by atoms with Gasteiger partial charge in [-0.2, -0.15) is 0 Å². The maximum atomic E-state index is 9.84. The molecule has 0 saturated carbocycles. The molecule has 1 aromatic carbocycles. The Morgan fingerprint density at radius 2 is 1.80 bits per heavy atom. The molecule has 0 atom stereocenters. The van der Waals surface area contributed by atoms with Crippen molar-refractivity contribution < 1.29 is 5.11 Å². The summed E-state index contributed by atoms with van der Waals surface area (Å²) < 4.78 is 0. The maximum Gasteiger partial charge on any atom is 0.125 e. The second-order valence-electron chi connectivity index (χ2n) is 3.71. The van der Waals surface area contributed by atoms with Crippen LogP contribution in [0.2, 0.25) is 0 Å². The van der Waals surface area contributed by atoms with E-state index >= 15 is 0 Å². The lowest BCUT2D eigenvalue weighted by Gasteiger charge is -2.05. The third-order valence-electron chi connectivity index (χ3n) is 2.51. The van der Waals surface area contributed by atoms with E-state index in [1.807, 2.05) is 32.2 Å². The van der Waals surface area contributed by atoms with Crippen LogP contribution in [0.4, 0.5) is 0 Å². The average molecular weight is 219 g/mol. The van der Waals surface area contributed by atoms with Crippen molar-refractivity contribution in [3.8, 4) is 17.0 Å². The first-order valence-corrected chi connectivity index (χ1v) is 5.68. The monoisotopic (exact) mass is 219 g/mol. The molecule has 1 aromatic heterocycles. The molecule has 0 amide bonds. The number of rotatable bonds is 1. The van der Waals surface area contributed by atoms with Crippen molar-refractivity contribution in [2.45, 2.75) is 20.8 Å². The molecule has 1 N–H and O–H groups in total. The SMILES string of the molecule is Cc1nc(-c2cc(C)c(C)cc2O)cs1. The fraction of sp³-hybridized carbons (Fsp3) is 0.250. The van der Waals surface area contributed by atoms with E-state index in [1.165, 1.54) is 5.56 Å². The highest BCUT2D eigenvalue weighted by molar-refractivity contribution is 7.09. The van der Waals surface area contributed by atoms with E-state index in [2.05, 4.69) is 4.98 Å². The lowest BCUT2D eigenvalue weighted by molar-refractivity contribution is 0.476. The summed E-state index contributed by atoms with van der Waals surface area (Å²) in [5, 5.41) is 12.8. The third-order valence-corrected chi connectivity index (χ3v) is 3.28. The lowest BCUT2D eigenvalue weighted by atomic mass is 10.0. The highest BCUT2D eigenvalue weighted by Crippen LogP contribution is 2.32.